The van der Waals surface area contributed by atoms with E-state index in [1.165, 1.54) is 4.31 Å². The molecule has 1 aliphatic rings. The summed E-state index contributed by atoms with van der Waals surface area (Å²) >= 11 is 0. The van der Waals surface area contributed by atoms with Gasteiger partial charge in [-0.2, -0.15) is 4.31 Å². The Bertz CT molecular complexity index is 710. The molecule has 2 N–H and O–H groups in total. The second-order valence-electron chi connectivity index (χ2n) is 6.22. The fraction of sp³-hybridized carbons (Fsp3) is 0.500. The van der Waals surface area contributed by atoms with Crippen molar-refractivity contribution in [3.05, 3.63) is 36.9 Å². The van der Waals surface area contributed by atoms with Crippen LogP contribution in [0.4, 0.5) is 0 Å². The lowest BCUT2D eigenvalue weighted by atomic mass is 10.2. The summed E-state index contributed by atoms with van der Waals surface area (Å²) in [5, 5.41) is 2.79. The first-order valence-electron chi connectivity index (χ1n) is 8.86. The van der Waals surface area contributed by atoms with Gasteiger partial charge in [-0.15, -0.1) is 6.58 Å². The fourth-order valence-electron chi connectivity index (χ4n) is 2.98. The van der Waals surface area contributed by atoms with Crippen molar-refractivity contribution < 1.29 is 22.8 Å². The van der Waals surface area contributed by atoms with E-state index in [0.29, 0.717) is 45.1 Å². The molecule has 0 aliphatic carbocycles. The van der Waals surface area contributed by atoms with Crippen molar-refractivity contribution in [2.45, 2.75) is 24.8 Å². The predicted molar refractivity (Wildman–Crippen MR) is 99.7 cm³/mol. The van der Waals surface area contributed by atoms with Gasteiger partial charge in [0.2, 0.25) is 10.0 Å². The van der Waals surface area contributed by atoms with Gasteiger partial charge in [0.1, 0.15) is 5.75 Å². The lowest BCUT2D eigenvalue weighted by Gasteiger charge is -2.34. The molecule has 2 rings (SSSR count). The third-order valence-electron chi connectivity index (χ3n) is 4.56. The Kier molecular flexibility index (Phi) is 7.19. The Morgan fingerprint density at radius 1 is 1.35 bits per heavy atom. The average Bonchev–Trinajstić information content (AvgIpc) is 2.66. The molecule has 0 unspecified atom stereocenters. The second-order valence-corrected chi connectivity index (χ2v) is 8.16. The summed E-state index contributed by atoms with van der Waals surface area (Å²) in [6, 6.07) is 6.27. The predicted octanol–water partition coefficient (Wildman–Crippen LogP) is -0.335. The number of hydrogen-bond acceptors (Lipinski definition) is 4. The molecule has 0 aromatic heterocycles. The molecular weight excluding hydrogens is 354 g/mol. The Morgan fingerprint density at radius 3 is 2.50 bits per heavy atom. The zero-order valence-electron chi connectivity index (χ0n) is 15.4. The first-order valence-corrected chi connectivity index (χ1v) is 10.3. The first kappa shape index (κ1) is 20.4. The van der Waals surface area contributed by atoms with Gasteiger partial charge in [-0.05, 0) is 38.1 Å². The number of nitrogens with one attached hydrogen (secondary N) is 2. The van der Waals surface area contributed by atoms with E-state index >= 15 is 0 Å². The molecule has 1 atom stereocenters. The van der Waals surface area contributed by atoms with Gasteiger partial charge in [0.05, 0.1) is 37.7 Å². The molecule has 1 saturated heterocycles. The normalized spacial score (nSPS) is 17.5. The van der Waals surface area contributed by atoms with Crippen LogP contribution >= 0.6 is 0 Å². The summed E-state index contributed by atoms with van der Waals surface area (Å²) in [6.45, 7) is 10.3. The van der Waals surface area contributed by atoms with Crippen molar-refractivity contribution >= 4 is 15.9 Å². The molecule has 0 bridgehead atoms. The zero-order valence-corrected chi connectivity index (χ0v) is 16.2. The molecule has 0 saturated carbocycles. The van der Waals surface area contributed by atoms with Crippen LogP contribution in [-0.2, 0) is 14.8 Å². The molecule has 1 aliphatic heterocycles. The van der Waals surface area contributed by atoms with E-state index in [1.54, 1.807) is 30.3 Å². The monoisotopic (exact) mass is 382 g/mol. The van der Waals surface area contributed by atoms with Crippen LogP contribution in [0, 0.1) is 0 Å². The van der Waals surface area contributed by atoms with Crippen molar-refractivity contribution in [2.24, 2.45) is 0 Å². The molecule has 1 fully saturated rings. The molecule has 1 heterocycles. The standard InChI is InChI=1S/C18H27N3O4S/c1-4-10-19-18(22)15(3)20-11-13-21(14-12-20)26(23,24)17-8-6-16(7-9-17)25-5-2/h4,6-9,15H,1,5,10-14H2,2-3H3,(H,19,22)/p+1/t15-/m0/s1. The molecule has 1 aromatic carbocycles. The molecule has 0 radical (unpaired) electrons. The van der Waals surface area contributed by atoms with Crippen LogP contribution < -0.4 is 15.0 Å². The number of nitrogens with zero attached hydrogens (tertiary/aromatic N) is 1. The minimum absolute atomic E-state index is 0.0391. The lowest BCUT2D eigenvalue weighted by Crippen LogP contribution is -3.19. The highest BCUT2D eigenvalue weighted by Gasteiger charge is 2.34. The van der Waals surface area contributed by atoms with Crippen LogP contribution in [0.15, 0.2) is 41.8 Å². The molecule has 7 nitrogen and oxygen atoms in total. The number of amides is 1. The SMILES string of the molecule is C=CCNC(=O)[C@H](C)[NH+]1CCN(S(=O)(=O)c2ccc(OCC)cc2)CC1. The van der Waals surface area contributed by atoms with Gasteiger partial charge in [-0.1, -0.05) is 6.08 Å². The van der Waals surface area contributed by atoms with Gasteiger partial charge in [-0.25, -0.2) is 8.42 Å². The smallest absolute Gasteiger partial charge is 0.278 e. The highest BCUT2D eigenvalue weighted by Crippen LogP contribution is 2.19. The average molecular weight is 383 g/mol. The number of rotatable bonds is 8. The van der Waals surface area contributed by atoms with Gasteiger partial charge in [0.15, 0.2) is 6.04 Å². The van der Waals surface area contributed by atoms with Crippen LogP contribution in [-0.4, -0.2) is 64.0 Å². The van der Waals surface area contributed by atoms with Crippen LogP contribution in [0.3, 0.4) is 0 Å². The minimum atomic E-state index is -3.53. The number of ether oxygens (including phenoxy) is 1. The number of sulfonamides is 1. The Morgan fingerprint density at radius 2 is 1.96 bits per heavy atom. The minimum Gasteiger partial charge on any atom is -0.494 e. The molecule has 1 aromatic rings. The second kappa shape index (κ2) is 9.16. The highest BCUT2D eigenvalue weighted by molar-refractivity contribution is 7.89. The summed E-state index contributed by atoms with van der Waals surface area (Å²) in [5.74, 6) is 0.614. The number of hydrogen-bond donors (Lipinski definition) is 2. The van der Waals surface area contributed by atoms with Gasteiger partial charge < -0.3 is 15.0 Å². The Balaban J connectivity index is 1.97. The number of benzene rings is 1. The molecule has 144 valence electrons. The van der Waals surface area contributed by atoms with Crippen LogP contribution in [0.5, 0.6) is 5.75 Å². The van der Waals surface area contributed by atoms with Crippen LogP contribution in [0.25, 0.3) is 0 Å². The summed E-state index contributed by atoms with van der Waals surface area (Å²) in [6.07, 6.45) is 1.64. The van der Waals surface area contributed by atoms with Crippen molar-refractivity contribution in [2.75, 3.05) is 39.3 Å². The van der Waals surface area contributed by atoms with E-state index in [9.17, 15) is 13.2 Å². The van der Waals surface area contributed by atoms with E-state index in [1.807, 2.05) is 13.8 Å². The van der Waals surface area contributed by atoms with E-state index < -0.39 is 10.0 Å². The third-order valence-corrected chi connectivity index (χ3v) is 6.48. The Labute approximate surface area is 155 Å². The van der Waals surface area contributed by atoms with E-state index in [0.717, 1.165) is 4.90 Å². The summed E-state index contributed by atoms with van der Waals surface area (Å²) < 4.78 is 32.4. The highest BCUT2D eigenvalue weighted by atomic mass is 32.2. The van der Waals surface area contributed by atoms with Crippen LogP contribution in [0.1, 0.15) is 13.8 Å². The van der Waals surface area contributed by atoms with Gasteiger partial charge in [-0.3, -0.25) is 4.79 Å². The zero-order chi connectivity index (χ0) is 19.2. The molecule has 0 spiro atoms. The van der Waals surface area contributed by atoms with Crippen LogP contribution in [0.2, 0.25) is 0 Å². The van der Waals surface area contributed by atoms with Gasteiger partial charge in [0, 0.05) is 6.54 Å². The third kappa shape index (κ3) is 4.84. The number of carbonyl (C=O) groups excluding carboxylic acids is 1. The van der Waals surface area contributed by atoms with E-state index in [4.69, 9.17) is 4.74 Å². The maximum absolute atomic E-state index is 12.8. The summed E-state index contributed by atoms with van der Waals surface area (Å²) in [4.78, 5) is 13.4. The van der Waals surface area contributed by atoms with E-state index in [2.05, 4.69) is 11.9 Å². The van der Waals surface area contributed by atoms with Gasteiger partial charge >= 0.3 is 0 Å². The lowest BCUT2D eigenvalue weighted by molar-refractivity contribution is -0.917. The Hall–Kier alpha value is -1.90. The number of quaternary nitrogens is 1. The topological polar surface area (TPSA) is 80.2 Å². The molecule has 26 heavy (non-hydrogen) atoms. The van der Waals surface area contributed by atoms with Crippen molar-refractivity contribution in [3.8, 4) is 5.75 Å². The van der Waals surface area contributed by atoms with Crippen molar-refractivity contribution in [1.82, 2.24) is 9.62 Å². The maximum atomic E-state index is 12.8. The van der Waals surface area contributed by atoms with Crippen molar-refractivity contribution in [3.63, 3.8) is 0 Å². The van der Waals surface area contributed by atoms with E-state index in [-0.39, 0.29) is 16.8 Å². The molecule has 8 heteroatoms. The fourth-order valence-corrected chi connectivity index (χ4v) is 4.42. The van der Waals surface area contributed by atoms with Gasteiger partial charge in [0.25, 0.3) is 5.91 Å². The first-order chi connectivity index (χ1) is 12.4. The molecular formula is C18H28N3O4S+. The summed E-state index contributed by atoms with van der Waals surface area (Å²) in [7, 11) is -3.53. The summed E-state index contributed by atoms with van der Waals surface area (Å²) in [5.41, 5.74) is 0. The maximum Gasteiger partial charge on any atom is 0.278 e. The number of carbonyl (C=O) groups is 1. The largest absolute Gasteiger partial charge is 0.494 e. The van der Waals surface area contributed by atoms with Crippen molar-refractivity contribution in [1.29, 1.82) is 0 Å². The molecule has 1 amide bonds. The quantitative estimate of drug-likeness (QED) is 0.603. The number of piperazine rings is 1.